The Labute approximate surface area is 170 Å². The third-order valence-electron chi connectivity index (χ3n) is 5.60. The van der Waals surface area contributed by atoms with E-state index in [9.17, 15) is 4.79 Å². The first-order valence-corrected chi connectivity index (χ1v) is 11.8. The molecule has 1 nitrogen and oxygen atoms in total. The maximum absolute atomic E-state index is 11.9. The lowest BCUT2D eigenvalue weighted by molar-refractivity contribution is 0.108. The molecule has 27 heavy (non-hydrogen) atoms. The van der Waals surface area contributed by atoms with Crippen LogP contribution in [0.5, 0.6) is 0 Å². The first kappa shape index (κ1) is 24.0. The van der Waals surface area contributed by atoms with Gasteiger partial charge in [-0.1, -0.05) is 97.0 Å². The third kappa shape index (κ3) is 12.1. The van der Waals surface area contributed by atoms with Crippen LogP contribution in [0.2, 0.25) is 0 Å². The largest absolute Gasteiger partial charge is 0.307 e. The molecular weight excluding hydrogens is 327 g/mol. The summed E-state index contributed by atoms with van der Waals surface area (Å²) >= 11 is 0. The van der Waals surface area contributed by atoms with Crippen LogP contribution in [0.1, 0.15) is 125 Å². The molecule has 1 aromatic rings. The Hall–Kier alpha value is -1.05. The lowest BCUT2D eigenvalue weighted by atomic mass is 9.90. The van der Waals surface area contributed by atoms with E-state index in [1.807, 2.05) is 0 Å². The van der Waals surface area contributed by atoms with Gasteiger partial charge in [0.15, 0.2) is 7.85 Å². The second-order valence-corrected chi connectivity index (χ2v) is 8.34. The van der Waals surface area contributed by atoms with Gasteiger partial charge < -0.3 is 4.79 Å². The Bertz CT molecular complexity index is 473. The van der Waals surface area contributed by atoms with Crippen molar-refractivity contribution in [2.45, 2.75) is 117 Å². The first-order valence-electron chi connectivity index (χ1n) is 11.8. The second-order valence-electron chi connectivity index (χ2n) is 8.34. The van der Waals surface area contributed by atoms with E-state index in [0.29, 0.717) is 0 Å². The molecule has 1 rings (SSSR count). The van der Waals surface area contributed by atoms with E-state index in [-0.39, 0.29) is 5.68 Å². The normalized spacial score (nSPS) is 11.0. The second kappa shape index (κ2) is 16.0. The van der Waals surface area contributed by atoms with Gasteiger partial charge in [0.2, 0.25) is 0 Å². The Morgan fingerprint density at radius 1 is 0.630 bits per heavy atom. The molecule has 0 unspecified atom stereocenters. The molecule has 152 valence electrons. The van der Waals surface area contributed by atoms with Gasteiger partial charge in [0.25, 0.3) is 0 Å². The quantitative estimate of drug-likeness (QED) is 0.212. The van der Waals surface area contributed by atoms with Crippen molar-refractivity contribution >= 4 is 13.5 Å². The zero-order valence-electron chi connectivity index (χ0n) is 18.5. The van der Waals surface area contributed by atoms with Crippen molar-refractivity contribution in [1.29, 1.82) is 0 Å². The number of rotatable bonds is 17. The third-order valence-corrected chi connectivity index (χ3v) is 5.60. The van der Waals surface area contributed by atoms with Crippen LogP contribution in [-0.2, 0) is 12.8 Å². The van der Waals surface area contributed by atoms with Crippen molar-refractivity contribution < 1.29 is 4.79 Å². The minimum atomic E-state index is 0.206. The van der Waals surface area contributed by atoms with Crippen molar-refractivity contribution in [2.75, 3.05) is 0 Å². The summed E-state index contributed by atoms with van der Waals surface area (Å²) in [5.41, 5.74) is 3.86. The first-order chi connectivity index (χ1) is 13.2. The minimum Gasteiger partial charge on any atom is -0.307 e. The van der Waals surface area contributed by atoms with Gasteiger partial charge in [0.1, 0.15) is 5.68 Å². The maximum Gasteiger partial charge on any atom is 0.193 e. The molecule has 0 atom stereocenters. The molecule has 1 aromatic carbocycles. The van der Waals surface area contributed by atoms with Crippen LogP contribution in [-0.4, -0.2) is 13.5 Å². The number of unbranched alkanes of at least 4 members (excludes halogenated alkanes) is 12. The van der Waals surface area contributed by atoms with Crippen molar-refractivity contribution in [1.82, 2.24) is 0 Å². The van der Waals surface area contributed by atoms with E-state index in [4.69, 9.17) is 0 Å². The standard InChI is InChI=1S/C25H43BO/c1-3-5-7-9-11-13-15-17-22-19-23(21-24(20-22)25(26)27)18-16-14-12-10-8-6-4-2/h19-21H,3-18,26H2,1-2H3. The minimum absolute atomic E-state index is 0.206. The van der Waals surface area contributed by atoms with Crippen molar-refractivity contribution in [3.8, 4) is 0 Å². The van der Waals surface area contributed by atoms with Crippen LogP contribution < -0.4 is 0 Å². The monoisotopic (exact) mass is 370 g/mol. The summed E-state index contributed by atoms with van der Waals surface area (Å²) in [5, 5.41) is 0. The molecule has 0 fully saturated rings. The zero-order valence-corrected chi connectivity index (χ0v) is 18.5. The van der Waals surface area contributed by atoms with E-state index in [2.05, 4.69) is 32.0 Å². The average molecular weight is 370 g/mol. The molecule has 0 aliphatic rings. The summed E-state index contributed by atoms with van der Waals surface area (Å²) in [6, 6.07) is 6.63. The summed E-state index contributed by atoms with van der Waals surface area (Å²) in [4.78, 5) is 11.9. The maximum atomic E-state index is 11.9. The van der Waals surface area contributed by atoms with Crippen LogP contribution in [0.25, 0.3) is 0 Å². The molecule has 0 heterocycles. The fourth-order valence-corrected chi connectivity index (χ4v) is 3.83. The highest BCUT2D eigenvalue weighted by atomic mass is 16.1. The van der Waals surface area contributed by atoms with E-state index in [1.165, 1.54) is 101 Å². The summed E-state index contributed by atoms with van der Waals surface area (Å²) in [6.07, 6.45) is 21.0. The molecule has 0 radical (unpaired) electrons. The number of benzene rings is 1. The van der Waals surface area contributed by atoms with Crippen LogP contribution >= 0.6 is 0 Å². The topological polar surface area (TPSA) is 17.1 Å². The van der Waals surface area contributed by atoms with Crippen LogP contribution in [0.4, 0.5) is 0 Å². The predicted octanol–water partition coefficient (Wildman–Crippen LogP) is 7.05. The lowest BCUT2D eigenvalue weighted by Crippen LogP contribution is -2.01. The Morgan fingerprint density at radius 2 is 1.00 bits per heavy atom. The molecule has 0 bridgehead atoms. The number of hydrogen-bond acceptors (Lipinski definition) is 1. The van der Waals surface area contributed by atoms with E-state index < -0.39 is 0 Å². The van der Waals surface area contributed by atoms with Gasteiger partial charge in [-0.25, -0.2) is 0 Å². The molecule has 0 aliphatic carbocycles. The number of aryl methyl sites for hydroxylation is 2. The van der Waals surface area contributed by atoms with Crippen molar-refractivity contribution in [3.05, 3.63) is 34.9 Å². The van der Waals surface area contributed by atoms with Gasteiger partial charge in [0, 0.05) is 5.56 Å². The van der Waals surface area contributed by atoms with Gasteiger partial charge in [-0.2, -0.15) is 0 Å². The smallest absolute Gasteiger partial charge is 0.193 e. The summed E-state index contributed by atoms with van der Waals surface area (Å²) in [6.45, 7) is 4.54. The zero-order chi connectivity index (χ0) is 19.7. The Balaban J connectivity index is 2.38. The Morgan fingerprint density at radius 3 is 1.37 bits per heavy atom. The molecule has 0 N–H and O–H groups in total. The average Bonchev–Trinajstić information content (AvgIpc) is 2.66. The molecule has 0 saturated carbocycles. The number of carbonyl (C=O) groups is 1. The summed E-state index contributed by atoms with van der Waals surface area (Å²) < 4.78 is 0. The van der Waals surface area contributed by atoms with Crippen LogP contribution in [0.3, 0.4) is 0 Å². The van der Waals surface area contributed by atoms with Gasteiger partial charge in [-0.15, -0.1) is 0 Å². The molecule has 0 spiro atoms. The van der Waals surface area contributed by atoms with E-state index in [0.717, 1.165) is 18.4 Å². The predicted molar refractivity (Wildman–Crippen MR) is 123 cm³/mol. The fraction of sp³-hybridized carbons (Fsp3) is 0.720. The lowest BCUT2D eigenvalue weighted by Gasteiger charge is -2.09. The highest BCUT2D eigenvalue weighted by molar-refractivity contribution is 6.62. The molecule has 0 saturated heterocycles. The summed E-state index contributed by atoms with van der Waals surface area (Å²) in [5.74, 6) is 0. The van der Waals surface area contributed by atoms with Gasteiger partial charge in [-0.3, -0.25) is 0 Å². The molecule has 0 aliphatic heterocycles. The number of carbonyl (C=O) groups excluding carboxylic acids is 1. The molecule has 0 aromatic heterocycles. The van der Waals surface area contributed by atoms with Crippen molar-refractivity contribution in [2.24, 2.45) is 0 Å². The van der Waals surface area contributed by atoms with Crippen LogP contribution in [0.15, 0.2) is 18.2 Å². The van der Waals surface area contributed by atoms with Crippen molar-refractivity contribution in [3.63, 3.8) is 0 Å². The SMILES string of the molecule is BC(=O)c1cc(CCCCCCCCC)cc(CCCCCCCCC)c1. The molecule has 2 heteroatoms. The number of hydrogen-bond donors (Lipinski definition) is 0. The van der Waals surface area contributed by atoms with E-state index in [1.54, 1.807) is 7.85 Å². The van der Waals surface area contributed by atoms with Gasteiger partial charge >= 0.3 is 0 Å². The highest BCUT2D eigenvalue weighted by Gasteiger charge is 2.05. The van der Waals surface area contributed by atoms with Gasteiger partial charge in [0.05, 0.1) is 0 Å². The highest BCUT2D eigenvalue weighted by Crippen LogP contribution is 2.17. The molecular formula is C25H43BO. The Kier molecular flexibility index (Phi) is 14.2. The molecule has 0 amide bonds. The fourth-order valence-electron chi connectivity index (χ4n) is 3.83. The van der Waals surface area contributed by atoms with Gasteiger partial charge in [-0.05, 0) is 48.9 Å². The van der Waals surface area contributed by atoms with E-state index >= 15 is 0 Å². The van der Waals surface area contributed by atoms with Crippen LogP contribution in [0, 0.1) is 0 Å². The summed E-state index contributed by atoms with van der Waals surface area (Å²) in [7, 11) is 1.70.